The van der Waals surface area contributed by atoms with Crippen molar-refractivity contribution in [1.82, 2.24) is 5.32 Å². The number of hydrogen-bond acceptors (Lipinski definition) is 5. The number of nitrogens with one attached hydrogen (secondary N) is 1. The molecule has 0 bridgehead atoms. The Morgan fingerprint density at radius 3 is 2.85 bits per heavy atom. The number of nitrogens with zero attached hydrogens (tertiary/aromatic N) is 1. The second-order valence-electron chi connectivity index (χ2n) is 4.16. The van der Waals surface area contributed by atoms with Crippen LogP contribution in [0.5, 0.6) is 5.75 Å². The van der Waals surface area contributed by atoms with Crippen LogP contribution in [0.25, 0.3) is 0 Å². The number of methoxy groups -OCH3 is 1. The number of rotatable bonds is 10. The molecule has 20 heavy (non-hydrogen) atoms. The average molecular weight is 280 g/mol. The van der Waals surface area contributed by atoms with Crippen molar-refractivity contribution >= 4 is 5.69 Å². The van der Waals surface area contributed by atoms with Crippen LogP contribution in [0, 0.1) is 10.1 Å². The predicted molar refractivity (Wildman–Crippen MR) is 77.0 cm³/mol. The number of nitro benzene ring substituents is 1. The second-order valence-corrected chi connectivity index (χ2v) is 4.16. The molecular formula is C14H20N2O4. The summed E-state index contributed by atoms with van der Waals surface area (Å²) >= 11 is 0. The maximum Gasteiger partial charge on any atom is 0.273 e. The smallest absolute Gasteiger partial charge is 0.273 e. The van der Waals surface area contributed by atoms with Crippen LogP contribution in [0.1, 0.15) is 12.0 Å². The molecule has 6 heteroatoms. The normalized spacial score (nSPS) is 10.2. The number of non-ortho nitro benzene ring substituents is 1. The lowest BCUT2D eigenvalue weighted by Crippen LogP contribution is -2.19. The van der Waals surface area contributed by atoms with E-state index in [9.17, 15) is 10.1 Å². The van der Waals surface area contributed by atoms with Crippen LogP contribution in [-0.4, -0.2) is 31.8 Å². The van der Waals surface area contributed by atoms with Gasteiger partial charge in [0.25, 0.3) is 5.69 Å². The zero-order chi connectivity index (χ0) is 14.8. The fraction of sp³-hybridized carbons (Fsp3) is 0.429. The average Bonchev–Trinajstić information content (AvgIpc) is 2.46. The lowest BCUT2D eigenvalue weighted by Gasteiger charge is -2.07. The van der Waals surface area contributed by atoms with E-state index in [0.29, 0.717) is 32.1 Å². The molecule has 0 aromatic heterocycles. The monoisotopic (exact) mass is 280 g/mol. The van der Waals surface area contributed by atoms with E-state index in [1.165, 1.54) is 19.2 Å². The molecule has 0 fully saturated rings. The van der Waals surface area contributed by atoms with Crippen LogP contribution in [0.15, 0.2) is 30.9 Å². The van der Waals surface area contributed by atoms with Gasteiger partial charge in [0, 0.05) is 19.2 Å². The van der Waals surface area contributed by atoms with Crippen LogP contribution in [0.3, 0.4) is 0 Å². The molecule has 1 rings (SSSR count). The van der Waals surface area contributed by atoms with Crippen LogP contribution in [0.4, 0.5) is 5.69 Å². The highest BCUT2D eigenvalue weighted by Gasteiger charge is 2.09. The molecule has 0 amide bonds. The molecule has 0 heterocycles. The number of nitro groups is 1. The van der Waals surface area contributed by atoms with Gasteiger partial charge in [0.2, 0.25) is 0 Å². The molecule has 6 nitrogen and oxygen atoms in total. The van der Waals surface area contributed by atoms with Gasteiger partial charge in [0.1, 0.15) is 5.75 Å². The first-order chi connectivity index (χ1) is 9.67. The summed E-state index contributed by atoms with van der Waals surface area (Å²) in [7, 11) is 1.49. The molecule has 1 aromatic carbocycles. The van der Waals surface area contributed by atoms with E-state index in [1.54, 1.807) is 6.07 Å². The van der Waals surface area contributed by atoms with Gasteiger partial charge >= 0.3 is 0 Å². The van der Waals surface area contributed by atoms with Gasteiger partial charge in [-0.25, -0.2) is 0 Å². The molecule has 0 saturated carbocycles. The van der Waals surface area contributed by atoms with Crippen molar-refractivity contribution in [1.29, 1.82) is 0 Å². The van der Waals surface area contributed by atoms with Crippen molar-refractivity contribution in [3.8, 4) is 5.75 Å². The Bertz CT molecular complexity index is 449. The van der Waals surface area contributed by atoms with E-state index in [2.05, 4.69) is 11.9 Å². The number of ether oxygens (including phenoxy) is 2. The third kappa shape index (κ3) is 5.81. The maximum atomic E-state index is 10.8. The molecule has 0 saturated heterocycles. The van der Waals surface area contributed by atoms with Gasteiger partial charge < -0.3 is 14.8 Å². The summed E-state index contributed by atoms with van der Waals surface area (Å²) in [5, 5.41) is 14.0. The first-order valence-electron chi connectivity index (χ1n) is 6.39. The van der Waals surface area contributed by atoms with Crippen LogP contribution in [0.2, 0.25) is 0 Å². The lowest BCUT2D eigenvalue weighted by molar-refractivity contribution is -0.385. The Kier molecular flexibility index (Phi) is 7.31. The molecule has 0 radical (unpaired) electrons. The van der Waals surface area contributed by atoms with E-state index in [4.69, 9.17) is 9.47 Å². The van der Waals surface area contributed by atoms with Crippen molar-refractivity contribution in [2.24, 2.45) is 0 Å². The SMILES string of the molecule is C=CCCOCCNCc1cc(OC)cc([N+](=O)[O-])c1. The lowest BCUT2D eigenvalue weighted by atomic mass is 10.2. The van der Waals surface area contributed by atoms with E-state index in [1.807, 2.05) is 6.08 Å². The summed E-state index contributed by atoms with van der Waals surface area (Å²) in [6, 6.07) is 4.72. The van der Waals surface area contributed by atoms with Crippen molar-refractivity contribution in [2.45, 2.75) is 13.0 Å². The van der Waals surface area contributed by atoms with Gasteiger partial charge in [-0.05, 0) is 18.1 Å². The molecule has 0 atom stereocenters. The van der Waals surface area contributed by atoms with Crippen LogP contribution < -0.4 is 10.1 Å². The fourth-order valence-electron chi connectivity index (χ4n) is 1.61. The van der Waals surface area contributed by atoms with Crippen molar-refractivity contribution < 1.29 is 14.4 Å². The fourth-order valence-corrected chi connectivity index (χ4v) is 1.61. The summed E-state index contributed by atoms with van der Waals surface area (Å²) < 4.78 is 10.4. The molecule has 0 aliphatic carbocycles. The van der Waals surface area contributed by atoms with Gasteiger partial charge in [0.15, 0.2) is 0 Å². The summed E-state index contributed by atoms with van der Waals surface area (Å²) in [5.41, 5.74) is 0.838. The maximum absolute atomic E-state index is 10.8. The second kappa shape index (κ2) is 9.06. The molecule has 0 unspecified atom stereocenters. The Labute approximate surface area is 118 Å². The Balaban J connectivity index is 2.41. The minimum atomic E-state index is -0.426. The number of hydrogen-bond donors (Lipinski definition) is 1. The topological polar surface area (TPSA) is 73.6 Å². The zero-order valence-corrected chi connectivity index (χ0v) is 11.6. The van der Waals surface area contributed by atoms with Gasteiger partial charge in [-0.1, -0.05) is 6.08 Å². The summed E-state index contributed by atoms with van der Waals surface area (Å²) in [6.45, 7) is 6.08. The Morgan fingerprint density at radius 1 is 1.40 bits per heavy atom. The zero-order valence-electron chi connectivity index (χ0n) is 11.6. The highest BCUT2D eigenvalue weighted by atomic mass is 16.6. The summed E-state index contributed by atoms with van der Waals surface area (Å²) in [6.07, 6.45) is 2.64. The largest absolute Gasteiger partial charge is 0.496 e. The third-order valence-corrected chi connectivity index (χ3v) is 2.62. The van der Waals surface area contributed by atoms with Crippen molar-refractivity contribution in [3.05, 3.63) is 46.5 Å². The van der Waals surface area contributed by atoms with E-state index in [-0.39, 0.29) is 5.69 Å². The van der Waals surface area contributed by atoms with E-state index < -0.39 is 4.92 Å². The van der Waals surface area contributed by atoms with E-state index >= 15 is 0 Å². The van der Waals surface area contributed by atoms with Crippen LogP contribution in [-0.2, 0) is 11.3 Å². The molecule has 1 N–H and O–H groups in total. The van der Waals surface area contributed by atoms with Gasteiger partial charge in [-0.15, -0.1) is 6.58 Å². The van der Waals surface area contributed by atoms with Crippen molar-refractivity contribution in [2.75, 3.05) is 26.9 Å². The molecule has 0 spiro atoms. The van der Waals surface area contributed by atoms with Crippen molar-refractivity contribution in [3.63, 3.8) is 0 Å². The highest BCUT2D eigenvalue weighted by molar-refractivity contribution is 5.42. The molecule has 0 aliphatic heterocycles. The molecule has 1 aromatic rings. The van der Waals surface area contributed by atoms with Crippen LogP contribution >= 0.6 is 0 Å². The predicted octanol–water partition coefficient (Wildman–Crippen LogP) is 2.29. The Morgan fingerprint density at radius 2 is 2.20 bits per heavy atom. The molecule has 110 valence electrons. The van der Waals surface area contributed by atoms with Gasteiger partial charge in [0.05, 0.1) is 31.3 Å². The minimum Gasteiger partial charge on any atom is -0.496 e. The van der Waals surface area contributed by atoms with E-state index in [0.717, 1.165) is 12.0 Å². The molecular weight excluding hydrogens is 260 g/mol. The third-order valence-electron chi connectivity index (χ3n) is 2.62. The quantitative estimate of drug-likeness (QED) is 0.308. The highest BCUT2D eigenvalue weighted by Crippen LogP contribution is 2.22. The first kappa shape index (κ1) is 16.1. The first-order valence-corrected chi connectivity index (χ1v) is 6.39. The molecule has 0 aliphatic rings. The Hall–Kier alpha value is -1.92. The summed E-state index contributed by atoms with van der Waals surface area (Å²) in [5.74, 6) is 0.484. The minimum absolute atomic E-state index is 0.0309. The summed E-state index contributed by atoms with van der Waals surface area (Å²) in [4.78, 5) is 10.4. The van der Waals surface area contributed by atoms with Gasteiger partial charge in [-0.2, -0.15) is 0 Å². The van der Waals surface area contributed by atoms with Gasteiger partial charge in [-0.3, -0.25) is 10.1 Å². The number of benzene rings is 1. The standard InChI is InChI=1S/C14H20N2O4/c1-3-4-6-20-7-5-15-11-12-8-13(16(17)18)10-14(9-12)19-2/h3,8-10,15H,1,4-7,11H2,2H3.